The van der Waals surface area contributed by atoms with Gasteiger partial charge in [-0.15, -0.1) is 0 Å². The van der Waals surface area contributed by atoms with Gasteiger partial charge in [0, 0.05) is 5.56 Å². The maximum atomic E-state index is 12.9. The number of nitrogens with zero attached hydrogens (tertiary/aromatic N) is 2. The molecule has 0 aliphatic rings. The molecule has 0 spiro atoms. The summed E-state index contributed by atoms with van der Waals surface area (Å²) in [4.78, 5) is 22.2. The van der Waals surface area contributed by atoms with Crippen LogP contribution in [0.4, 0.5) is 5.82 Å². The molecule has 0 radical (unpaired) electrons. The van der Waals surface area contributed by atoms with Crippen LogP contribution >= 0.6 is 0 Å². The first-order valence-electron chi connectivity index (χ1n) is 11.2. The molecule has 0 bridgehead atoms. The van der Waals surface area contributed by atoms with Crippen LogP contribution in [0.5, 0.6) is 0 Å². The molecule has 0 fully saturated rings. The lowest BCUT2D eigenvalue weighted by Crippen LogP contribution is -2.16. The fourth-order valence-electron chi connectivity index (χ4n) is 3.81. The molecule has 0 aliphatic carbocycles. The fraction of sp³-hybridized carbons (Fsp3) is 0.0333. The number of carbonyl (C=O) groups excluding carboxylic acids is 1. The second-order valence-corrected chi connectivity index (χ2v) is 8.01. The number of nitrogens with one attached hydrogen (secondary N) is 1. The first kappa shape index (κ1) is 21.3. The van der Waals surface area contributed by atoms with E-state index < -0.39 is 0 Å². The van der Waals surface area contributed by atoms with Crippen molar-refractivity contribution in [2.24, 2.45) is 0 Å². The normalized spacial score (nSPS) is 11.1. The Hall–Kier alpha value is -4.57. The lowest BCUT2D eigenvalue weighted by molar-refractivity contribution is -0.115. The van der Waals surface area contributed by atoms with E-state index in [4.69, 9.17) is 4.98 Å². The highest BCUT2D eigenvalue weighted by molar-refractivity contribution is 5.94. The number of benzene rings is 4. The summed E-state index contributed by atoms with van der Waals surface area (Å²) in [6.07, 6.45) is 5.81. The Kier molecular flexibility index (Phi) is 6.21. The molecule has 34 heavy (non-hydrogen) atoms. The van der Waals surface area contributed by atoms with Crippen molar-refractivity contribution in [1.82, 2.24) is 9.97 Å². The molecule has 0 aliphatic heterocycles. The van der Waals surface area contributed by atoms with Gasteiger partial charge in [0.05, 0.1) is 18.3 Å². The Labute approximate surface area is 198 Å². The van der Waals surface area contributed by atoms with Crippen molar-refractivity contribution < 1.29 is 4.79 Å². The van der Waals surface area contributed by atoms with Crippen LogP contribution in [0.15, 0.2) is 109 Å². The summed E-state index contributed by atoms with van der Waals surface area (Å²) in [5.74, 6) is 0.309. The van der Waals surface area contributed by atoms with Gasteiger partial charge < -0.3 is 5.32 Å². The van der Waals surface area contributed by atoms with Crippen LogP contribution in [0.1, 0.15) is 16.8 Å². The van der Waals surface area contributed by atoms with Gasteiger partial charge >= 0.3 is 0 Å². The van der Waals surface area contributed by atoms with Crippen LogP contribution in [0.2, 0.25) is 0 Å². The average molecular weight is 442 g/mol. The largest absolute Gasteiger partial charge is 0.309 e. The van der Waals surface area contributed by atoms with Gasteiger partial charge in [-0.2, -0.15) is 0 Å². The third-order valence-corrected chi connectivity index (χ3v) is 5.54. The number of anilines is 1. The zero-order valence-electron chi connectivity index (χ0n) is 18.6. The second kappa shape index (κ2) is 9.92. The second-order valence-electron chi connectivity index (χ2n) is 8.01. The van der Waals surface area contributed by atoms with Crippen LogP contribution in [-0.4, -0.2) is 15.9 Å². The van der Waals surface area contributed by atoms with E-state index in [1.165, 1.54) is 0 Å². The Balaban J connectivity index is 1.41. The summed E-state index contributed by atoms with van der Waals surface area (Å²) in [5.41, 5.74) is 4.32. The highest BCUT2D eigenvalue weighted by atomic mass is 16.1. The molecule has 0 atom stereocenters. The number of rotatable bonds is 6. The monoisotopic (exact) mass is 441 g/mol. The van der Waals surface area contributed by atoms with Gasteiger partial charge in [0.2, 0.25) is 5.91 Å². The molecular formula is C30H23N3O. The molecule has 5 aromatic rings. The first-order chi connectivity index (χ1) is 16.7. The molecule has 1 heterocycles. The highest BCUT2D eigenvalue weighted by Crippen LogP contribution is 2.22. The third-order valence-electron chi connectivity index (χ3n) is 5.54. The SMILES string of the molecule is O=C(Cc1ccc2ccccc2c1)Nc1ncc(-c2ccccc2)nc1/C=C/c1ccccc1. The maximum absolute atomic E-state index is 12.9. The molecule has 0 saturated carbocycles. The highest BCUT2D eigenvalue weighted by Gasteiger charge is 2.11. The maximum Gasteiger partial charge on any atom is 0.230 e. The molecule has 4 nitrogen and oxygen atoms in total. The Morgan fingerprint density at radius 1 is 0.765 bits per heavy atom. The standard InChI is InChI=1S/C30H23N3O/c34-29(20-23-15-17-24-11-7-8-14-26(24)19-23)33-30-27(18-16-22-9-3-1-4-10-22)32-28(21-31-30)25-12-5-2-6-13-25/h1-19,21H,20H2,(H,31,33,34)/b18-16+. The first-order valence-corrected chi connectivity index (χ1v) is 11.2. The molecule has 0 saturated heterocycles. The van der Waals surface area contributed by atoms with E-state index in [-0.39, 0.29) is 12.3 Å². The minimum absolute atomic E-state index is 0.133. The van der Waals surface area contributed by atoms with Gasteiger partial charge in [-0.05, 0) is 28.0 Å². The van der Waals surface area contributed by atoms with Crippen LogP contribution in [0.25, 0.3) is 34.2 Å². The number of aromatic nitrogens is 2. The number of hydrogen-bond donors (Lipinski definition) is 1. The van der Waals surface area contributed by atoms with Gasteiger partial charge in [0.1, 0.15) is 5.69 Å². The van der Waals surface area contributed by atoms with E-state index in [2.05, 4.69) is 28.5 Å². The number of carbonyl (C=O) groups is 1. The zero-order chi connectivity index (χ0) is 23.2. The fourth-order valence-corrected chi connectivity index (χ4v) is 3.81. The lowest BCUT2D eigenvalue weighted by atomic mass is 10.0. The molecule has 4 aromatic carbocycles. The molecule has 4 heteroatoms. The van der Waals surface area contributed by atoms with E-state index in [0.717, 1.165) is 33.2 Å². The number of hydrogen-bond acceptors (Lipinski definition) is 3. The Morgan fingerprint density at radius 3 is 2.26 bits per heavy atom. The zero-order valence-corrected chi connectivity index (χ0v) is 18.6. The van der Waals surface area contributed by atoms with Crippen LogP contribution in [0, 0.1) is 0 Å². The van der Waals surface area contributed by atoms with Crippen LogP contribution in [-0.2, 0) is 11.2 Å². The van der Waals surface area contributed by atoms with Crippen molar-refractivity contribution in [3.8, 4) is 11.3 Å². The van der Waals surface area contributed by atoms with Gasteiger partial charge in [0.25, 0.3) is 0 Å². The van der Waals surface area contributed by atoms with Crippen molar-refractivity contribution in [2.75, 3.05) is 5.32 Å². The summed E-state index contributed by atoms with van der Waals surface area (Å²) < 4.78 is 0. The van der Waals surface area contributed by atoms with E-state index >= 15 is 0 Å². The molecule has 0 unspecified atom stereocenters. The molecule has 1 aromatic heterocycles. The summed E-state index contributed by atoms with van der Waals surface area (Å²) in [6, 6.07) is 34.1. The van der Waals surface area contributed by atoms with Gasteiger partial charge in [0.15, 0.2) is 5.82 Å². The van der Waals surface area contributed by atoms with Crippen LogP contribution in [0.3, 0.4) is 0 Å². The van der Waals surface area contributed by atoms with E-state index in [0.29, 0.717) is 11.5 Å². The smallest absolute Gasteiger partial charge is 0.230 e. The van der Waals surface area contributed by atoms with Crippen molar-refractivity contribution in [3.05, 3.63) is 126 Å². The quantitative estimate of drug-likeness (QED) is 0.321. The molecular weight excluding hydrogens is 418 g/mol. The van der Waals surface area contributed by atoms with Crippen molar-refractivity contribution >= 4 is 34.6 Å². The minimum Gasteiger partial charge on any atom is -0.309 e. The summed E-state index contributed by atoms with van der Waals surface area (Å²) in [7, 11) is 0. The summed E-state index contributed by atoms with van der Waals surface area (Å²) in [6.45, 7) is 0. The van der Waals surface area contributed by atoms with Crippen molar-refractivity contribution in [3.63, 3.8) is 0 Å². The predicted octanol–water partition coefficient (Wildman–Crippen LogP) is 6.65. The van der Waals surface area contributed by atoms with Crippen LogP contribution < -0.4 is 5.32 Å². The average Bonchev–Trinajstić information content (AvgIpc) is 2.89. The minimum atomic E-state index is -0.133. The molecule has 5 rings (SSSR count). The number of amides is 1. The van der Waals surface area contributed by atoms with Gasteiger partial charge in [-0.3, -0.25) is 4.79 Å². The number of fused-ring (bicyclic) bond motifs is 1. The van der Waals surface area contributed by atoms with Crippen molar-refractivity contribution in [1.29, 1.82) is 0 Å². The Bertz CT molecular complexity index is 1460. The summed E-state index contributed by atoms with van der Waals surface area (Å²) in [5, 5.41) is 5.23. The summed E-state index contributed by atoms with van der Waals surface area (Å²) >= 11 is 0. The van der Waals surface area contributed by atoms with Gasteiger partial charge in [-0.25, -0.2) is 9.97 Å². The topological polar surface area (TPSA) is 54.9 Å². The molecule has 164 valence electrons. The van der Waals surface area contributed by atoms with Crippen molar-refractivity contribution in [2.45, 2.75) is 6.42 Å². The molecule has 1 amide bonds. The third kappa shape index (κ3) is 5.08. The van der Waals surface area contributed by atoms with Gasteiger partial charge in [-0.1, -0.05) is 109 Å². The van der Waals surface area contributed by atoms with E-state index in [1.807, 2.05) is 97.1 Å². The van der Waals surface area contributed by atoms with E-state index in [1.54, 1.807) is 6.20 Å². The predicted molar refractivity (Wildman–Crippen MR) is 139 cm³/mol. The molecule has 1 N–H and O–H groups in total. The Morgan fingerprint density at radius 2 is 1.47 bits per heavy atom. The van der Waals surface area contributed by atoms with E-state index in [9.17, 15) is 4.79 Å². The lowest BCUT2D eigenvalue weighted by Gasteiger charge is -2.10.